The molecule has 0 bridgehead atoms. The van der Waals surface area contributed by atoms with Gasteiger partial charge in [-0.3, -0.25) is 4.90 Å². The molecule has 2 aliphatic rings. The second-order valence-corrected chi connectivity index (χ2v) is 7.84. The minimum Gasteiger partial charge on any atom is -0.338 e. The molecular formula is C18H23BrN4O. The topological polar surface area (TPSA) is 54.2 Å². The van der Waals surface area contributed by atoms with Gasteiger partial charge in [-0.05, 0) is 50.3 Å². The molecule has 0 unspecified atom stereocenters. The summed E-state index contributed by atoms with van der Waals surface area (Å²) in [5, 5.41) is 7.83. The molecular weight excluding hydrogens is 368 g/mol. The summed E-state index contributed by atoms with van der Waals surface area (Å²) in [6.07, 6.45) is 5.26. The Balaban J connectivity index is 1.28. The highest BCUT2D eigenvalue weighted by atomic mass is 79.9. The molecule has 0 spiro atoms. The Bertz CT molecular complexity index is 677. The van der Waals surface area contributed by atoms with Gasteiger partial charge < -0.3 is 9.84 Å². The normalized spacial score (nSPS) is 19.7. The van der Waals surface area contributed by atoms with Crippen LogP contribution in [0.2, 0.25) is 0 Å². The first-order valence-electron chi connectivity index (χ1n) is 8.80. The van der Waals surface area contributed by atoms with Crippen LogP contribution in [0.1, 0.15) is 31.6 Å². The van der Waals surface area contributed by atoms with Gasteiger partial charge in [0.2, 0.25) is 11.7 Å². The fraction of sp³-hybridized carbons (Fsp3) is 0.556. The molecule has 0 atom stereocenters. The maximum absolute atomic E-state index is 5.44. The van der Waals surface area contributed by atoms with E-state index < -0.39 is 0 Å². The number of rotatable bonds is 6. The highest BCUT2D eigenvalue weighted by molar-refractivity contribution is 9.10. The van der Waals surface area contributed by atoms with Crippen molar-refractivity contribution in [2.75, 3.05) is 19.6 Å². The highest BCUT2D eigenvalue weighted by Gasteiger charge is 2.25. The zero-order valence-electron chi connectivity index (χ0n) is 13.7. The van der Waals surface area contributed by atoms with E-state index in [4.69, 9.17) is 4.52 Å². The van der Waals surface area contributed by atoms with Crippen molar-refractivity contribution in [1.29, 1.82) is 0 Å². The van der Waals surface area contributed by atoms with Crippen LogP contribution >= 0.6 is 15.9 Å². The summed E-state index contributed by atoms with van der Waals surface area (Å²) in [5.41, 5.74) is 0.974. The largest absolute Gasteiger partial charge is 0.338 e. The molecule has 1 aliphatic heterocycles. The van der Waals surface area contributed by atoms with Crippen molar-refractivity contribution in [2.24, 2.45) is 5.92 Å². The minimum atomic E-state index is 0.660. The molecule has 1 saturated carbocycles. The molecule has 128 valence electrons. The fourth-order valence-electron chi connectivity index (χ4n) is 3.21. The third-order valence-electron chi connectivity index (χ3n) is 4.89. The Hall–Kier alpha value is -1.24. The van der Waals surface area contributed by atoms with Crippen LogP contribution in [0.4, 0.5) is 0 Å². The first-order chi connectivity index (χ1) is 11.8. The van der Waals surface area contributed by atoms with Gasteiger partial charge in [-0.1, -0.05) is 33.2 Å². The Labute approximate surface area is 150 Å². The number of aromatic nitrogens is 2. The summed E-state index contributed by atoms with van der Waals surface area (Å²) in [4.78, 5) is 6.96. The van der Waals surface area contributed by atoms with Crippen LogP contribution in [0.3, 0.4) is 0 Å². The van der Waals surface area contributed by atoms with Crippen LogP contribution in [-0.4, -0.2) is 40.7 Å². The van der Waals surface area contributed by atoms with Gasteiger partial charge in [0.15, 0.2) is 0 Å². The summed E-state index contributed by atoms with van der Waals surface area (Å²) in [6.45, 7) is 4.15. The van der Waals surface area contributed by atoms with Gasteiger partial charge in [0.05, 0.1) is 6.54 Å². The van der Waals surface area contributed by atoms with Crippen LogP contribution in [0.15, 0.2) is 33.3 Å². The first-order valence-corrected chi connectivity index (χ1v) is 9.60. The third kappa shape index (κ3) is 4.23. The average Bonchev–Trinajstić information content (AvgIpc) is 3.31. The smallest absolute Gasteiger partial charge is 0.241 e. The second-order valence-electron chi connectivity index (χ2n) is 6.92. The fourth-order valence-corrected chi connectivity index (χ4v) is 3.60. The first kappa shape index (κ1) is 16.2. The molecule has 24 heavy (non-hydrogen) atoms. The van der Waals surface area contributed by atoms with E-state index >= 15 is 0 Å². The van der Waals surface area contributed by atoms with E-state index in [9.17, 15) is 0 Å². The number of hydrogen-bond donors (Lipinski definition) is 1. The second kappa shape index (κ2) is 7.33. The lowest BCUT2D eigenvalue weighted by Crippen LogP contribution is -2.42. The quantitative estimate of drug-likeness (QED) is 0.818. The highest BCUT2D eigenvalue weighted by Crippen LogP contribution is 2.28. The van der Waals surface area contributed by atoms with Crippen LogP contribution in [-0.2, 0) is 6.54 Å². The van der Waals surface area contributed by atoms with E-state index in [-0.39, 0.29) is 0 Å². The van der Waals surface area contributed by atoms with Crippen molar-refractivity contribution >= 4 is 15.9 Å². The molecule has 6 heteroatoms. The lowest BCUT2D eigenvalue weighted by atomic mass is 10.0. The molecule has 2 fully saturated rings. The molecule has 0 amide bonds. The van der Waals surface area contributed by atoms with E-state index in [1.807, 2.05) is 24.3 Å². The number of benzene rings is 1. The van der Waals surface area contributed by atoms with Gasteiger partial charge in [-0.15, -0.1) is 0 Å². The summed E-state index contributed by atoms with van der Waals surface area (Å²) in [5.74, 6) is 2.32. The number of nitrogens with zero attached hydrogens (tertiary/aromatic N) is 3. The van der Waals surface area contributed by atoms with Gasteiger partial charge in [0.1, 0.15) is 0 Å². The molecule has 1 N–H and O–H groups in total. The predicted molar refractivity (Wildman–Crippen MR) is 96.5 cm³/mol. The summed E-state index contributed by atoms with van der Waals surface area (Å²) in [6, 6.07) is 8.66. The van der Waals surface area contributed by atoms with Gasteiger partial charge in [0, 0.05) is 29.2 Å². The van der Waals surface area contributed by atoms with Gasteiger partial charge in [-0.25, -0.2) is 0 Å². The molecule has 0 radical (unpaired) electrons. The predicted octanol–water partition coefficient (Wildman–Crippen LogP) is 3.46. The van der Waals surface area contributed by atoms with Crippen LogP contribution in [0.25, 0.3) is 11.4 Å². The maximum Gasteiger partial charge on any atom is 0.241 e. The monoisotopic (exact) mass is 390 g/mol. The number of hydrogen-bond acceptors (Lipinski definition) is 5. The van der Waals surface area contributed by atoms with E-state index in [1.54, 1.807) is 0 Å². The van der Waals surface area contributed by atoms with Crippen molar-refractivity contribution in [3.05, 3.63) is 34.6 Å². The molecule has 2 heterocycles. The number of likely N-dealkylation sites (tertiary alicyclic amines) is 1. The van der Waals surface area contributed by atoms with E-state index in [1.165, 1.54) is 32.2 Å². The van der Waals surface area contributed by atoms with Crippen LogP contribution in [0.5, 0.6) is 0 Å². The van der Waals surface area contributed by atoms with Crippen molar-refractivity contribution in [1.82, 2.24) is 20.4 Å². The Morgan fingerprint density at radius 1 is 1.21 bits per heavy atom. The molecule has 1 aliphatic carbocycles. The Morgan fingerprint density at radius 3 is 2.79 bits per heavy atom. The van der Waals surface area contributed by atoms with Crippen LogP contribution < -0.4 is 5.32 Å². The van der Waals surface area contributed by atoms with E-state index in [0.717, 1.165) is 35.6 Å². The standard InChI is InChI=1S/C18H23BrN4O/c19-15-3-1-2-14(10-15)18-21-17(24-22-18)12-23-8-6-16(7-9-23)20-11-13-4-5-13/h1-3,10,13,16,20H,4-9,11-12H2. The molecule has 1 aromatic heterocycles. The van der Waals surface area contributed by atoms with Crippen molar-refractivity contribution in [3.8, 4) is 11.4 Å². The lowest BCUT2D eigenvalue weighted by Gasteiger charge is -2.31. The average molecular weight is 391 g/mol. The summed E-state index contributed by atoms with van der Waals surface area (Å²) >= 11 is 3.48. The van der Waals surface area contributed by atoms with Gasteiger partial charge >= 0.3 is 0 Å². The van der Waals surface area contributed by atoms with Crippen LogP contribution in [0, 0.1) is 5.92 Å². The minimum absolute atomic E-state index is 0.660. The number of piperidine rings is 1. The maximum atomic E-state index is 5.44. The van der Waals surface area contributed by atoms with Gasteiger partial charge in [-0.2, -0.15) is 4.98 Å². The van der Waals surface area contributed by atoms with Gasteiger partial charge in [0.25, 0.3) is 0 Å². The number of halogens is 1. The lowest BCUT2D eigenvalue weighted by molar-refractivity contribution is 0.170. The Kier molecular flexibility index (Phi) is 4.96. The third-order valence-corrected chi connectivity index (χ3v) is 5.38. The molecule has 4 rings (SSSR count). The van der Waals surface area contributed by atoms with Crippen molar-refractivity contribution in [3.63, 3.8) is 0 Å². The van der Waals surface area contributed by atoms with E-state index in [0.29, 0.717) is 17.8 Å². The zero-order valence-corrected chi connectivity index (χ0v) is 15.3. The molecule has 5 nitrogen and oxygen atoms in total. The summed E-state index contributed by atoms with van der Waals surface area (Å²) < 4.78 is 6.46. The summed E-state index contributed by atoms with van der Waals surface area (Å²) in [7, 11) is 0. The molecule has 1 saturated heterocycles. The Morgan fingerprint density at radius 2 is 2.04 bits per heavy atom. The van der Waals surface area contributed by atoms with Crippen molar-refractivity contribution < 1.29 is 4.52 Å². The molecule has 1 aromatic carbocycles. The number of nitrogens with one attached hydrogen (secondary N) is 1. The van der Waals surface area contributed by atoms with E-state index in [2.05, 4.69) is 36.3 Å². The SMILES string of the molecule is Brc1cccc(-c2noc(CN3CCC(NCC4CC4)CC3)n2)c1. The zero-order chi connectivity index (χ0) is 16.4. The van der Waals surface area contributed by atoms with Crippen molar-refractivity contribution in [2.45, 2.75) is 38.3 Å². The molecule has 2 aromatic rings.